The van der Waals surface area contributed by atoms with Gasteiger partial charge in [-0.05, 0) is 37.9 Å². The van der Waals surface area contributed by atoms with Gasteiger partial charge in [-0.25, -0.2) is 0 Å². The Morgan fingerprint density at radius 2 is 1.95 bits per heavy atom. The van der Waals surface area contributed by atoms with Gasteiger partial charge in [-0.15, -0.1) is 0 Å². The summed E-state index contributed by atoms with van der Waals surface area (Å²) in [6.45, 7) is 1.96. The quantitative estimate of drug-likeness (QED) is 0.777. The third kappa shape index (κ3) is 2.54. The molecule has 104 valence electrons. The van der Waals surface area contributed by atoms with E-state index in [1.165, 1.54) is 32.1 Å². The van der Waals surface area contributed by atoms with Gasteiger partial charge in [-0.2, -0.15) is 0 Å². The summed E-state index contributed by atoms with van der Waals surface area (Å²) in [7, 11) is 0. The first-order chi connectivity index (χ1) is 9.15. The Morgan fingerprint density at radius 1 is 1.21 bits per heavy atom. The second kappa shape index (κ2) is 5.21. The number of fused-ring (bicyclic) bond motifs is 1. The lowest BCUT2D eigenvalue weighted by Crippen LogP contribution is -2.37. The summed E-state index contributed by atoms with van der Waals surface area (Å²) < 4.78 is 6.52. The third-order valence-corrected chi connectivity index (χ3v) is 4.63. The highest BCUT2D eigenvalue weighted by molar-refractivity contribution is 7.71. The van der Waals surface area contributed by atoms with Gasteiger partial charge >= 0.3 is 0 Å². The molecule has 19 heavy (non-hydrogen) atoms. The van der Waals surface area contributed by atoms with Crippen molar-refractivity contribution in [2.75, 3.05) is 0 Å². The van der Waals surface area contributed by atoms with Crippen LogP contribution in [-0.2, 0) is 11.2 Å². The standard InChI is InChI=1S/C14H20N2O2S/c1-8-12-10(15-14(19)16-13(12)17)7-11(18-8)9-5-3-2-4-6-9/h8-9,11H,2-7H2,1H3,(H2,15,16,17,19). The highest BCUT2D eigenvalue weighted by Gasteiger charge is 2.33. The van der Waals surface area contributed by atoms with E-state index in [0.29, 0.717) is 10.7 Å². The van der Waals surface area contributed by atoms with Gasteiger partial charge in [0.15, 0.2) is 4.77 Å². The average molecular weight is 280 g/mol. The lowest BCUT2D eigenvalue weighted by atomic mass is 9.82. The fraction of sp³-hybridized carbons (Fsp3) is 0.714. The van der Waals surface area contributed by atoms with E-state index in [2.05, 4.69) is 9.97 Å². The first-order valence-corrected chi connectivity index (χ1v) is 7.57. The first kappa shape index (κ1) is 13.1. The maximum atomic E-state index is 12.0. The molecular formula is C14H20N2O2S. The molecule has 1 aromatic heterocycles. The van der Waals surface area contributed by atoms with Crippen molar-refractivity contribution in [1.29, 1.82) is 0 Å². The third-order valence-electron chi connectivity index (χ3n) is 4.43. The smallest absolute Gasteiger partial charge is 0.257 e. The molecule has 0 amide bonds. The van der Waals surface area contributed by atoms with E-state index in [9.17, 15) is 4.79 Å². The fourth-order valence-corrected chi connectivity index (χ4v) is 3.71. The van der Waals surface area contributed by atoms with Gasteiger partial charge in [0.25, 0.3) is 5.56 Å². The fourth-order valence-electron chi connectivity index (χ4n) is 3.50. The summed E-state index contributed by atoms with van der Waals surface area (Å²) in [6.07, 6.45) is 7.32. The Kier molecular flexibility index (Phi) is 3.58. The number of hydrogen-bond acceptors (Lipinski definition) is 3. The van der Waals surface area contributed by atoms with Gasteiger partial charge in [0.1, 0.15) is 0 Å². The molecule has 2 N–H and O–H groups in total. The number of hydrogen-bond donors (Lipinski definition) is 2. The van der Waals surface area contributed by atoms with Crippen LogP contribution in [0.15, 0.2) is 4.79 Å². The molecule has 0 aromatic carbocycles. The lowest BCUT2D eigenvalue weighted by Gasteiger charge is -2.36. The van der Waals surface area contributed by atoms with Crippen LogP contribution in [0.1, 0.15) is 56.4 Å². The summed E-state index contributed by atoms with van der Waals surface area (Å²) in [6, 6.07) is 0. The van der Waals surface area contributed by atoms with Crippen LogP contribution in [0.4, 0.5) is 0 Å². The molecule has 4 nitrogen and oxygen atoms in total. The molecule has 1 aliphatic carbocycles. The van der Waals surface area contributed by atoms with Gasteiger partial charge in [-0.3, -0.25) is 9.78 Å². The Balaban J connectivity index is 1.90. The van der Waals surface area contributed by atoms with Crippen LogP contribution in [0.5, 0.6) is 0 Å². The second-order valence-electron chi connectivity index (χ2n) is 5.72. The molecule has 1 fully saturated rings. The van der Waals surface area contributed by atoms with Gasteiger partial charge in [0, 0.05) is 12.1 Å². The lowest BCUT2D eigenvalue weighted by molar-refractivity contribution is -0.0568. The summed E-state index contributed by atoms with van der Waals surface area (Å²) in [5.41, 5.74) is 1.59. The van der Waals surface area contributed by atoms with Gasteiger partial charge in [0.05, 0.1) is 17.8 Å². The van der Waals surface area contributed by atoms with E-state index in [1.807, 2.05) is 6.92 Å². The minimum Gasteiger partial charge on any atom is -0.370 e. The molecule has 2 aliphatic rings. The number of nitrogens with one attached hydrogen (secondary N) is 2. The van der Waals surface area contributed by atoms with Crippen LogP contribution in [-0.4, -0.2) is 16.1 Å². The maximum absolute atomic E-state index is 12.0. The molecule has 2 atom stereocenters. The highest BCUT2D eigenvalue weighted by atomic mass is 32.1. The van der Waals surface area contributed by atoms with Crippen molar-refractivity contribution < 1.29 is 4.74 Å². The topological polar surface area (TPSA) is 57.9 Å². The van der Waals surface area contributed by atoms with Gasteiger partial charge < -0.3 is 9.72 Å². The van der Waals surface area contributed by atoms with E-state index in [0.717, 1.165) is 17.7 Å². The molecule has 5 heteroatoms. The van der Waals surface area contributed by atoms with Crippen LogP contribution in [0.3, 0.4) is 0 Å². The van der Waals surface area contributed by atoms with Crippen LogP contribution < -0.4 is 5.56 Å². The first-order valence-electron chi connectivity index (χ1n) is 7.16. The molecule has 2 unspecified atom stereocenters. The van der Waals surface area contributed by atoms with Crippen molar-refractivity contribution in [3.05, 3.63) is 26.4 Å². The molecule has 1 saturated carbocycles. The predicted molar refractivity (Wildman–Crippen MR) is 75.8 cm³/mol. The van der Waals surface area contributed by atoms with Crippen molar-refractivity contribution in [2.24, 2.45) is 5.92 Å². The Labute approximate surface area is 117 Å². The molecule has 0 bridgehead atoms. The minimum absolute atomic E-state index is 0.103. The number of ether oxygens (including phenoxy) is 1. The second-order valence-corrected chi connectivity index (χ2v) is 6.13. The summed E-state index contributed by atoms with van der Waals surface area (Å²) in [5.74, 6) is 0.630. The molecule has 0 saturated heterocycles. The van der Waals surface area contributed by atoms with Crippen LogP contribution in [0, 0.1) is 10.7 Å². The zero-order valence-electron chi connectivity index (χ0n) is 11.2. The van der Waals surface area contributed by atoms with Crippen molar-refractivity contribution in [1.82, 2.24) is 9.97 Å². The summed E-state index contributed by atoms with van der Waals surface area (Å²) in [5, 5.41) is 0. The van der Waals surface area contributed by atoms with E-state index < -0.39 is 0 Å². The van der Waals surface area contributed by atoms with E-state index >= 15 is 0 Å². The Bertz CT molecular complexity index is 572. The zero-order valence-corrected chi connectivity index (χ0v) is 12.0. The Morgan fingerprint density at radius 3 is 2.68 bits per heavy atom. The number of rotatable bonds is 1. The molecule has 3 rings (SSSR count). The van der Waals surface area contributed by atoms with E-state index in [-0.39, 0.29) is 17.8 Å². The minimum atomic E-state index is -0.147. The molecule has 1 aromatic rings. The van der Waals surface area contributed by atoms with Crippen molar-refractivity contribution in [3.63, 3.8) is 0 Å². The van der Waals surface area contributed by atoms with Crippen LogP contribution >= 0.6 is 12.2 Å². The van der Waals surface area contributed by atoms with Gasteiger partial charge in [0.2, 0.25) is 0 Å². The molecular weight excluding hydrogens is 260 g/mol. The Hall–Kier alpha value is -0.940. The highest BCUT2D eigenvalue weighted by Crippen LogP contribution is 2.35. The van der Waals surface area contributed by atoms with Crippen molar-refractivity contribution >= 4 is 12.2 Å². The predicted octanol–water partition coefficient (Wildman–Crippen LogP) is 3.02. The largest absolute Gasteiger partial charge is 0.370 e. The van der Waals surface area contributed by atoms with Crippen molar-refractivity contribution in [3.8, 4) is 0 Å². The normalized spacial score (nSPS) is 28.1. The van der Waals surface area contributed by atoms with Gasteiger partial charge in [-0.1, -0.05) is 19.3 Å². The average Bonchev–Trinajstić information content (AvgIpc) is 2.38. The molecule has 1 aliphatic heterocycles. The summed E-state index contributed by atoms with van der Waals surface area (Å²) >= 11 is 5.07. The zero-order chi connectivity index (χ0) is 13.4. The molecule has 0 spiro atoms. The SMILES string of the molecule is CC1OC(C2CCCCC2)Cc2[nH]c(=S)[nH]c(=O)c21. The number of aromatic nitrogens is 2. The van der Waals surface area contributed by atoms with Crippen molar-refractivity contribution in [2.45, 2.75) is 57.7 Å². The summed E-state index contributed by atoms with van der Waals surface area (Å²) in [4.78, 5) is 17.7. The number of aromatic amines is 2. The monoisotopic (exact) mass is 280 g/mol. The van der Waals surface area contributed by atoms with Crippen LogP contribution in [0.2, 0.25) is 0 Å². The maximum Gasteiger partial charge on any atom is 0.257 e. The molecule has 2 heterocycles. The van der Waals surface area contributed by atoms with Crippen LogP contribution in [0.25, 0.3) is 0 Å². The van der Waals surface area contributed by atoms with E-state index in [1.54, 1.807) is 0 Å². The van der Waals surface area contributed by atoms with E-state index in [4.69, 9.17) is 17.0 Å². The number of H-pyrrole nitrogens is 2. The molecule has 0 radical (unpaired) electrons.